The van der Waals surface area contributed by atoms with Crippen molar-refractivity contribution in [1.82, 2.24) is 9.13 Å². The number of aliphatic imine (C=N–C) groups is 1. The first-order chi connectivity index (χ1) is 31.7. The van der Waals surface area contributed by atoms with Gasteiger partial charge in [0.2, 0.25) is 0 Å². The molecule has 0 N–H and O–H groups in total. The van der Waals surface area contributed by atoms with Gasteiger partial charge in [-0.15, -0.1) is 0 Å². The van der Waals surface area contributed by atoms with E-state index in [2.05, 4.69) is 240 Å². The van der Waals surface area contributed by atoms with Gasteiger partial charge in [-0.2, -0.15) is 0 Å². The van der Waals surface area contributed by atoms with Crippen LogP contribution in [0.2, 0.25) is 0 Å². The SMILES string of the molecule is c1ccc(-c2ccc(C3=c4ccccc4=IC(n4c5ccccc5c5cc6ccccc6c(-c6ccc7c8ccccc8n(-c8ccc(-c9ccccc9)cc8)c7c6)c54)=N3)cc2)cc1. The second-order valence-corrected chi connectivity index (χ2v) is 19.1. The maximum atomic E-state index is 5.76. The minimum atomic E-state index is -0.674. The molecule has 13 rings (SSSR count). The van der Waals surface area contributed by atoms with Gasteiger partial charge in [0, 0.05) is 46.7 Å². The molecule has 3 heterocycles. The first-order valence-electron chi connectivity index (χ1n) is 21.8. The molecule has 0 spiro atoms. The van der Waals surface area contributed by atoms with Gasteiger partial charge in [0.05, 0.1) is 27.8 Å². The quantitative estimate of drug-likeness (QED) is 0.154. The highest BCUT2D eigenvalue weighted by atomic mass is 127. The molecule has 0 saturated heterocycles. The van der Waals surface area contributed by atoms with E-state index in [1.54, 1.807) is 0 Å². The molecule has 10 aromatic carbocycles. The normalized spacial score (nSPS) is 12.7. The lowest BCUT2D eigenvalue weighted by molar-refractivity contribution is 1.18. The Morgan fingerprint density at radius 2 is 0.859 bits per heavy atom. The summed E-state index contributed by atoms with van der Waals surface area (Å²) in [6, 6.07) is 84.3. The third-order valence-electron chi connectivity index (χ3n) is 12.8. The Kier molecular flexibility index (Phi) is 8.66. The molecule has 0 amide bonds. The van der Waals surface area contributed by atoms with Gasteiger partial charge in [0.1, 0.15) is 0 Å². The van der Waals surface area contributed by atoms with E-state index in [0.29, 0.717) is 0 Å². The number of hydrogen-bond acceptors (Lipinski definition) is 1. The lowest BCUT2D eigenvalue weighted by atomic mass is 9.94. The van der Waals surface area contributed by atoms with Crippen LogP contribution in [0.1, 0.15) is 5.56 Å². The van der Waals surface area contributed by atoms with Crippen molar-refractivity contribution in [1.29, 1.82) is 0 Å². The van der Waals surface area contributed by atoms with E-state index in [4.69, 9.17) is 4.99 Å². The standard InChI is InChI=1S/C60H38IN3/c1-3-15-39(16-4-1)41-27-29-43(30-28-41)58-51-23-9-12-24-53(51)61-60(62-58)64-55-26-14-11-22-49(55)52-37-44-19-7-8-20-47(44)57(59(52)64)45-33-36-50-48-21-10-13-25-54(48)63(56(50)38-45)46-34-31-42(32-35-46)40-17-5-2-6-18-40/h1-38H. The van der Waals surface area contributed by atoms with Gasteiger partial charge in [-0.1, -0.05) is 188 Å². The number of halogens is 1. The molecule has 12 aromatic rings. The summed E-state index contributed by atoms with van der Waals surface area (Å²) in [4.78, 5) is 5.76. The van der Waals surface area contributed by atoms with E-state index in [-0.39, 0.29) is 0 Å². The summed E-state index contributed by atoms with van der Waals surface area (Å²) >= 11 is -0.674. The summed E-state index contributed by atoms with van der Waals surface area (Å²) in [5.41, 5.74) is 15.3. The fourth-order valence-corrected chi connectivity index (χ4v) is 12.6. The third-order valence-corrected chi connectivity index (χ3v) is 15.6. The van der Waals surface area contributed by atoms with E-state index in [9.17, 15) is 0 Å². The van der Waals surface area contributed by atoms with Crippen LogP contribution in [-0.2, 0) is 0 Å². The van der Waals surface area contributed by atoms with Crippen molar-refractivity contribution in [2.75, 3.05) is 0 Å². The summed E-state index contributed by atoms with van der Waals surface area (Å²) in [5.74, 6) is 0. The van der Waals surface area contributed by atoms with Crippen LogP contribution < -0.4 is 5.22 Å². The summed E-state index contributed by atoms with van der Waals surface area (Å²) in [5, 5.41) is 8.63. The zero-order chi connectivity index (χ0) is 42.1. The first-order valence-corrected chi connectivity index (χ1v) is 23.9. The summed E-state index contributed by atoms with van der Waals surface area (Å²) in [6.07, 6.45) is 0. The average molecular weight is 928 g/mol. The molecule has 1 aliphatic rings. The zero-order valence-corrected chi connectivity index (χ0v) is 36.8. The van der Waals surface area contributed by atoms with Gasteiger partial charge >= 0.3 is 0 Å². The molecule has 0 fully saturated rings. The lowest BCUT2D eigenvalue weighted by Gasteiger charge is -2.17. The van der Waals surface area contributed by atoms with Crippen molar-refractivity contribution in [2.24, 2.45) is 4.99 Å². The largest absolute Gasteiger partial charge is 0.309 e. The Labute approximate surface area is 379 Å². The van der Waals surface area contributed by atoms with Crippen molar-refractivity contribution in [3.63, 3.8) is 0 Å². The maximum Gasteiger partial charge on any atom is 0.171 e. The Balaban J connectivity index is 1.07. The van der Waals surface area contributed by atoms with Gasteiger partial charge in [-0.3, -0.25) is 4.57 Å². The van der Waals surface area contributed by atoms with Crippen molar-refractivity contribution >= 4 is 84.7 Å². The van der Waals surface area contributed by atoms with Crippen molar-refractivity contribution in [2.45, 2.75) is 0 Å². The van der Waals surface area contributed by atoms with E-state index in [1.807, 2.05) is 0 Å². The molecule has 1 aliphatic heterocycles. The molecule has 4 heteroatoms. The minimum Gasteiger partial charge on any atom is -0.309 e. The van der Waals surface area contributed by atoms with Gasteiger partial charge < -0.3 is 4.57 Å². The Hall–Kier alpha value is -7.67. The third kappa shape index (κ3) is 5.94. The second kappa shape index (κ2) is 15.0. The van der Waals surface area contributed by atoms with Gasteiger partial charge in [0.15, 0.2) is 3.84 Å². The summed E-state index contributed by atoms with van der Waals surface area (Å²) < 4.78 is 7.47. The number of para-hydroxylation sites is 2. The van der Waals surface area contributed by atoms with Crippen LogP contribution in [0, 0.1) is 3.15 Å². The maximum absolute atomic E-state index is 5.76. The number of nitrogens with zero attached hydrogens (tertiary/aromatic N) is 3. The molecule has 300 valence electrons. The molecule has 0 atom stereocenters. The molecule has 3 nitrogen and oxygen atoms in total. The van der Waals surface area contributed by atoms with E-state index >= 15 is 0 Å². The monoisotopic (exact) mass is 927 g/mol. The zero-order valence-electron chi connectivity index (χ0n) is 34.7. The Morgan fingerprint density at radius 1 is 0.344 bits per heavy atom. The van der Waals surface area contributed by atoms with Crippen LogP contribution in [0.15, 0.2) is 236 Å². The highest BCUT2D eigenvalue weighted by molar-refractivity contribution is 14.2. The van der Waals surface area contributed by atoms with Crippen LogP contribution in [0.4, 0.5) is 0 Å². The Morgan fingerprint density at radius 3 is 1.58 bits per heavy atom. The second-order valence-electron chi connectivity index (χ2n) is 16.5. The molecule has 0 aliphatic carbocycles. The molecular weight excluding hydrogens is 890 g/mol. The van der Waals surface area contributed by atoms with Crippen molar-refractivity contribution < 1.29 is 0 Å². The number of hydrogen-bond donors (Lipinski definition) is 0. The fraction of sp³-hybridized carbons (Fsp3) is 0. The molecule has 0 unspecified atom stereocenters. The summed E-state index contributed by atoms with van der Waals surface area (Å²) in [7, 11) is 0. The van der Waals surface area contributed by atoms with Gasteiger partial charge in [-0.05, 0) is 102 Å². The van der Waals surface area contributed by atoms with Crippen LogP contribution >= 0.6 is 20.7 Å². The summed E-state index contributed by atoms with van der Waals surface area (Å²) in [6.45, 7) is 0. The van der Waals surface area contributed by atoms with Crippen LogP contribution in [-0.4, -0.2) is 13.0 Å². The van der Waals surface area contributed by atoms with Crippen molar-refractivity contribution in [3.05, 3.63) is 244 Å². The number of rotatable bonds is 5. The van der Waals surface area contributed by atoms with Crippen molar-refractivity contribution in [3.8, 4) is 39.1 Å². The topological polar surface area (TPSA) is 22.2 Å². The van der Waals surface area contributed by atoms with Gasteiger partial charge in [-0.25, -0.2) is 4.99 Å². The van der Waals surface area contributed by atoms with E-state index < -0.39 is 20.7 Å². The number of aromatic nitrogens is 2. The van der Waals surface area contributed by atoms with E-state index in [0.717, 1.165) is 20.8 Å². The predicted octanol–water partition coefficient (Wildman–Crippen LogP) is 15.3. The Bertz CT molecular complexity index is 3970. The van der Waals surface area contributed by atoms with Gasteiger partial charge in [0.25, 0.3) is 0 Å². The molecule has 2 aromatic heterocycles. The smallest absolute Gasteiger partial charge is 0.171 e. The molecule has 0 radical (unpaired) electrons. The van der Waals surface area contributed by atoms with Crippen LogP contribution in [0.25, 0.3) is 99.1 Å². The average Bonchev–Trinajstić information content (AvgIpc) is 3.88. The van der Waals surface area contributed by atoms with Crippen LogP contribution in [0.5, 0.6) is 0 Å². The first kappa shape index (κ1) is 36.9. The molecule has 0 bridgehead atoms. The molecule has 64 heavy (non-hydrogen) atoms. The molecular formula is C60H38IN3. The molecule has 0 saturated carbocycles. The predicted molar refractivity (Wildman–Crippen MR) is 278 cm³/mol. The highest BCUT2D eigenvalue weighted by Crippen LogP contribution is 2.44. The minimum absolute atomic E-state index is 0.674. The highest BCUT2D eigenvalue weighted by Gasteiger charge is 2.23. The van der Waals surface area contributed by atoms with E-state index in [1.165, 1.54) is 96.1 Å². The van der Waals surface area contributed by atoms with Crippen LogP contribution in [0.3, 0.4) is 0 Å². The fourth-order valence-electron chi connectivity index (χ4n) is 9.88. The number of fused-ring (bicyclic) bond motifs is 8. The lowest BCUT2D eigenvalue weighted by Crippen LogP contribution is -2.15. The number of benzene rings is 10.